The predicted molar refractivity (Wildman–Crippen MR) is 112 cm³/mol. The van der Waals surface area contributed by atoms with Crippen LogP contribution in [0.15, 0.2) is 59.7 Å². The number of hydrogen-bond donors (Lipinski definition) is 1. The number of amides is 1. The van der Waals surface area contributed by atoms with Crippen molar-refractivity contribution in [3.8, 4) is 11.4 Å². The van der Waals surface area contributed by atoms with Crippen molar-refractivity contribution in [2.75, 3.05) is 11.9 Å². The molecule has 152 valence electrons. The molecule has 0 fully saturated rings. The zero-order chi connectivity index (χ0) is 21.1. The first-order valence-electron chi connectivity index (χ1n) is 9.14. The molecule has 4 rings (SSSR count). The Morgan fingerprint density at radius 1 is 1.13 bits per heavy atom. The summed E-state index contributed by atoms with van der Waals surface area (Å²) in [6.45, 7) is 2.27. The van der Waals surface area contributed by atoms with Gasteiger partial charge in [-0.15, -0.1) is 5.10 Å². The number of carbonyl (C=O) groups is 1. The van der Waals surface area contributed by atoms with E-state index >= 15 is 0 Å². The summed E-state index contributed by atoms with van der Waals surface area (Å²) in [5.74, 6) is 0.354. The van der Waals surface area contributed by atoms with Crippen molar-refractivity contribution in [2.45, 2.75) is 13.5 Å². The monoisotopic (exact) mass is 424 g/mol. The van der Waals surface area contributed by atoms with Gasteiger partial charge in [-0.1, -0.05) is 16.8 Å². The Kier molecular flexibility index (Phi) is 5.44. The molecule has 0 spiro atoms. The Morgan fingerprint density at radius 2 is 1.87 bits per heavy atom. The van der Waals surface area contributed by atoms with E-state index in [1.165, 1.54) is 15.6 Å². The van der Waals surface area contributed by atoms with Crippen LogP contribution in [0.1, 0.15) is 6.92 Å². The maximum atomic E-state index is 12.7. The number of carbonyl (C=O) groups excluding carboxylic acids is 1. The fourth-order valence-electron chi connectivity index (χ4n) is 2.87. The summed E-state index contributed by atoms with van der Waals surface area (Å²) in [4.78, 5) is 29.3. The Hall–Kier alpha value is -3.72. The second kappa shape index (κ2) is 8.34. The molecule has 0 bridgehead atoms. The van der Waals surface area contributed by atoms with E-state index in [-0.39, 0.29) is 18.0 Å². The number of hydrogen-bond acceptors (Lipinski definition) is 6. The molecule has 0 atom stereocenters. The average molecular weight is 425 g/mol. The summed E-state index contributed by atoms with van der Waals surface area (Å²) in [7, 11) is 0. The molecule has 1 N–H and O–H groups in total. The second-order valence-electron chi connectivity index (χ2n) is 6.33. The molecular formula is C20H17ClN6O3. The molecule has 2 aromatic carbocycles. The first-order chi connectivity index (χ1) is 14.5. The van der Waals surface area contributed by atoms with Gasteiger partial charge in [0.1, 0.15) is 18.6 Å². The van der Waals surface area contributed by atoms with Gasteiger partial charge in [0.05, 0.1) is 12.3 Å². The lowest BCUT2D eigenvalue weighted by Crippen LogP contribution is -2.28. The van der Waals surface area contributed by atoms with Gasteiger partial charge in [-0.05, 0) is 55.5 Å². The van der Waals surface area contributed by atoms with E-state index in [1.807, 2.05) is 6.92 Å². The van der Waals surface area contributed by atoms with Crippen LogP contribution in [-0.4, -0.2) is 37.1 Å². The number of nitrogens with zero attached hydrogens (tertiary/aromatic N) is 5. The maximum Gasteiger partial charge on any atom is 0.284 e. The normalized spacial score (nSPS) is 10.9. The van der Waals surface area contributed by atoms with E-state index in [9.17, 15) is 9.59 Å². The molecule has 0 saturated heterocycles. The minimum absolute atomic E-state index is 0.0747. The van der Waals surface area contributed by atoms with Crippen molar-refractivity contribution in [1.82, 2.24) is 24.5 Å². The molecule has 0 saturated carbocycles. The Morgan fingerprint density at radius 3 is 2.57 bits per heavy atom. The summed E-state index contributed by atoms with van der Waals surface area (Å²) in [6.07, 6.45) is 1.31. The highest BCUT2D eigenvalue weighted by Crippen LogP contribution is 2.17. The third-order valence-corrected chi connectivity index (χ3v) is 4.52. The summed E-state index contributed by atoms with van der Waals surface area (Å²) < 4.78 is 8.08. The van der Waals surface area contributed by atoms with Crippen LogP contribution in [0.2, 0.25) is 5.02 Å². The summed E-state index contributed by atoms with van der Waals surface area (Å²) >= 11 is 5.83. The largest absolute Gasteiger partial charge is 0.494 e. The second-order valence-corrected chi connectivity index (χ2v) is 6.77. The standard InChI is InChI=1S/C20H17ClN6O3/c1-2-30-16-9-7-15(8-10-16)27-19-18(24-25-27)20(29)26(12-22-19)11-17(28)23-14-5-3-13(21)4-6-14/h3-10,12H,2,11H2,1H3,(H,23,28). The number of aromatic nitrogens is 5. The van der Waals surface area contributed by atoms with Gasteiger partial charge in [0.25, 0.3) is 5.56 Å². The third kappa shape index (κ3) is 4.01. The van der Waals surface area contributed by atoms with Crippen LogP contribution in [-0.2, 0) is 11.3 Å². The van der Waals surface area contributed by atoms with Crippen molar-refractivity contribution >= 4 is 34.4 Å². The molecule has 0 radical (unpaired) electrons. The summed E-state index contributed by atoms with van der Waals surface area (Å²) in [5.41, 5.74) is 1.19. The van der Waals surface area contributed by atoms with Crippen molar-refractivity contribution in [2.24, 2.45) is 0 Å². The zero-order valence-electron chi connectivity index (χ0n) is 15.9. The van der Waals surface area contributed by atoms with Crippen LogP contribution in [0.4, 0.5) is 5.69 Å². The number of rotatable bonds is 6. The highest BCUT2D eigenvalue weighted by Gasteiger charge is 2.15. The zero-order valence-corrected chi connectivity index (χ0v) is 16.7. The fourth-order valence-corrected chi connectivity index (χ4v) is 3.00. The maximum absolute atomic E-state index is 12.7. The van der Waals surface area contributed by atoms with E-state index in [1.54, 1.807) is 48.5 Å². The van der Waals surface area contributed by atoms with Crippen molar-refractivity contribution in [3.05, 3.63) is 70.2 Å². The molecule has 2 heterocycles. The molecule has 0 unspecified atom stereocenters. The molecule has 2 aromatic heterocycles. The first-order valence-corrected chi connectivity index (χ1v) is 9.52. The lowest BCUT2D eigenvalue weighted by molar-refractivity contribution is -0.116. The smallest absolute Gasteiger partial charge is 0.284 e. The van der Waals surface area contributed by atoms with Gasteiger partial charge in [0.15, 0.2) is 11.2 Å². The average Bonchev–Trinajstić information content (AvgIpc) is 3.17. The van der Waals surface area contributed by atoms with E-state index in [4.69, 9.17) is 16.3 Å². The Balaban J connectivity index is 1.56. The molecular weight excluding hydrogens is 408 g/mol. The SMILES string of the molecule is CCOc1ccc(-n2nnc3c(=O)n(CC(=O)Nc4ccc(Cl)cc4)cnc32)cc1. The van der Waals surface area contributed by atoms with Gasteiger partial charge in [0.2, 0.25) is 5.91 Å². The molecule has 0 aliphatic carbocycles. The van der Waals surface area contributed by atoms with E-state index in [2.05, 4.69) is 20.6 Å². The third-order valence-electron chi connectivity index (χ3n) is 4.26. The van der Waals surface area contributed by atoms with E-state index < -0.39 is 5.56 Å². The molecule has 10 heteroatoms. The lowest BCUT2D eigenvalue weighted by atomic mass is 10.3. The molecule has 0 aliphatic heterocycles. The highest BCUT2D eigenvalue weighted by molar-refractivity contribution is 6.30. The predicted octanol–water partition coefficient (Wildman–Crippen LogP) is 2.67. The van der Waals surface area contributed by atoms with Gasteiger partial charge in [-0.2, -0.15) is 4.68 Å². The quantitative estimate of drug-likeness (QED) is 0.510. The van der Waals surface area contributed by atoms with Crippen LogP contribution < -0.4 is 15.6 Å². The van der Waals surface area contributed by atoms with Crippen LogP contribution in [0, 0.1) is 0 Å². The fraction of sp³-hybridized carbons (Fsp3) is 0.150. The molecule has 30 heavy (non-hydrogen) atoms. The minimum atomic E-state index is -0.455. The molecule has 0 aliphatic rings. The summed E-state index contributed by atoms with van der Waals surface area (Å²) in [6, 6.07) is 13.9. The number of nitrogens with one attached hydrogen (secondary N) is 1. The number of halogens is 1. The van der Waals surface area contributed by atoms with E-state index in [0.717, 1.165) is 5.75 Å². The van der Waals surface area contributed by atoms with Crippen LogP contribution in [0.25, 0.3) is 16.9 Å². The van der Waals surface area contributed by atoms with Crippen molar-refractivity contribution in [1.29, 1.82) is 0 Å². The molecule has 1 amide bonds. The van der Waals surface area contributed by atoms with Crippen LogP contribution >= 0.6 is 11.6 Å². The van der Waals surface area contributed by atoms with Crippen molar-refractivity contribution in [3.63, 3.8) is 0 Å². The Labute approximate surface area is 175 Å². The van der Waals surface area contributed by atoms with Gasteiger partial charge in [-0.25, -0.2) is 4.98 Å². The van der Waals surface area contributed by atoms with E-state index in [0.29, 0.717) is 28.7 Å². The number of benzene rings is 2. The van der Waals surface area contributed by atoms with Gasteiger partial charge in [0, 0.05) is 10.7 Å². The topological polar surface area (TPSA) is 104 Å². The summed E-state index contributed by atoms with van der Waals surface area (Å²) in [5, 5.41) is 11.3. The number of ether oxygens (including phenoxy) is 1. The van der Waals surface area contributed by atoms with Crippen molar-refractivity contribution < 1.29 is 9.53 Å². The van der Waals surface area contributed by atoms with Gasteiger partial charge in [-0.3, -0.25) is 14.2 Å². The Bertz CT molecular complexity index is 1250. The molecule has 9 nitrogen and oxygen atoms in total. The van der Waals surface area contributed by atoms with Gasteiger partial charge >= 0.3 is 0 Å². The lowest BCUT2D eigenvalue weighted by Gasteiger charge is -2.07. The number of fused-ring (bicyclic) bond motifs is 1. The minimum Gasteiger partial charge on any atom is -0.494 e. The first kappa shape index (κ1) is 19.6. The van der Waals surface area contributed by atoms with Gasteiger partial charge < -0.3 is 10.1 Å². The highest BCUT2D eigenvalue weighted by atomic mass is 35.5. The number of anilines is 1. The van der Waals surface area contributed by atoms with Crippen LogP contribution in [0.3, 0.4) is 0 Å². The van der Waals surface area contributed by atoms with Crippen LogP contribution in [0.5, 0.6) is 5.75 Å². The molecule has 4 aromatic rings.